The molecule has 2 heterocycles. The van der Waals surface area contributed by atoms with Crippen molar-refractivity contribution < 1.29 is 24.3 Å². The molecule has 0 aliphatic heterocycles. The Hall–Kier alpha value is -5.83. The summed E-state index contributed by atoms with van der Waals surface area (Å²) in [5, 5.41) is 32.7. The van der Waals surface area contributed by atoms with Crippen LogP contribution in [0.2, 0.25) is 0 Å². The van der Waals surface area contributed by atoms with Crippen molar-refractivity contribution in [3.8, 4) is 22.5 Å². The van der Waals surface area contributed by atoms with Crippen molar-refractivity contribution in [2.24, 2.45) is 5.92 Å². The third kappa shape index (κ3) is 10.6. The van der Waals surface area contributed by atoms with Gasteiger partial charge in [0.05, 0.1) is 24.7 Å². The molecule has 0 radical (unpaired) electrons. The number of carbonyl (C=O) groups is 4. The molecule has 276 valence electrons. The summed E-state index contributed by atoms with van der Waals surface area (Å²) in [5.41, 5.74) is 4.84. The number of benzene rings is 3. The van der Waals surface area contributed by atoms with E-state index in [1.54, 1.807) is 4.57 Å². The number of carboxylic acid groups (broad SMARTS) is 1. The number of thiol groups is 1. The zero-order chi connectivity index (χ0) is 37.6. The summed E-state index contributed by atoms with van der Waals surface area (Å²) in [6.07, 6.45) is 2.75. The molecule has 0 saturated heterocycles. The predicted octanol–water partition coefficient (Wildman–Crippen LogP) is 3.85. The van der Waals surface area contributed by atoms with E-state index in [-0.39, 0.29) is 61.7 Å². The second kappa shape index (κ2) is 19.1. The first-order chi connectivity index (χ1) is 25.8. The van der Waals surface area contributed by atoms with Crippen LogP contribution in [0.1, 0.15) is 59.3 Å². The molecule has 3 aromatic carbocycles. The molecule has 15 heteroatoms. The molecule has 0 aliphatic rings. The van der Waals surface area contributed by atoms with Gasteiger partial charge >= 0.3 is 5.97 Å². The number of unbranched alkanes of at least 4 members (excludes halogenated alkanes) is 1. The first kappa shape index (κ1) is 38.4. The van der Waals surface area contributed by atoms with E-state index in [0.717, 1.165) is 40.7 Å². The van der Waals surface area contributed by atoms with Crippen LogP contribution in [0, 0.1) is 5.92 Å². The molecule has 0 fully saturated rings. The lowest BCUT2D eigenvalue weighted by Gasteiger charge is -2.14. The SMILES string of the molecule is CCCCc1nc(CNC(=O)CCNC(=O)CNC(=O)C(CS)Cc2ccccc2)c(C(=O)O)n1Cc1ccc(-c2ccccc2-c2nn[nH]n2)cc1. The molecule has 1 unspecified atom stereocenters. The Balaban J connectivity index is 1.16. The summed E-state index contributed by atoms with van der Waals surface area (Å²) < 4.78 is 1.70. The molecule has 0 spiro atoms. The second-order valence-electron chi connectivity index (χ2n) is 12.5. The maximum atomic E-state index is 12.7. The van der Waals surface area contributed by atoms with Gasteiger partial charge in [0, 0.05) is 37.2 Å². The predicted molar refractivity (Wildman–Crippen MR) is 202 cm³/mol. The minimum Gasteiger partial charge on any atom is -0.477 e. The topological polar surface area (TPSA) is 197 Å². The van der Waals surface area contributed by atoms with Gasteiger partial charge in [0.1, 0.15) is 5.82 Å². The van der Waals surface area contributed by atoms with Crippen molar-refractivity contribution in [3.05, 3.63) is 107 Å². The number of aryl methyl sites for hydroxylation is 1. The molecule has 1 atom stereocenters. The third-order valence-electron chi connectivity index (χ3n) is 8.66. The number of nitrogens with one attached hydrogen (secondary N) is 4. The van der Waals surface area contributed by atoms with E-state index in [9.17, 15) is 24.3 Å². The van der Waals surface area contributed by atoms with E-state index < -0.39 is 11.9 Å². The van der Waals surface area contributed by atoms with Crippen molar-refractivity contribution >= 4 is 36.3 Å². The third-order valence-corrected chi connectivity index (χ3v) is 9.10. The number of carboxylic acids is 1. The minimum atomic E-state index is -1.15. The highest BCUT2D eigenvalue weighted by Gasteiger charge is 2.23. The highest BCUT2D eigenvalue weighted by Crippen LogP contribution is 2.30. The fourth-order valence-corrected chi connectivity index (χ4v) is 6.18. The van der Waals surface area contributed by atoms with E-state index in [1.807, 2.05) is 78.9 Å². The van der Waals surface area contributed by atoms with Gasteiger partial charge in [0.25, 0.3) is 0 Å². The van der Waals surface area contributed by atoms with Crippen LogP contribution in [0.5, 0.6) is 0 Å². The van der Waals surface area contributed by atoms with Gasteiger partial charge in [-0.25, -0.2) is 9.78 Å². The Bertz CT molecular complexity index is 1980. The Morgan fingerprint density at radius 2 is 1.62 bits per heavy atom. The molecule has 5 aromatic rings. The highest BCUT2D eigenvalue weighted by atomic mass is 32.1. The van der Waals surface area contributed by atoms with Gasteiger partial charge < -0.3 is 25.6 Å². The van der Waals surface area contributed by atoms with Gasteiger partial charge in [-0.15, -0.1) is 10.2 Å². The number of hydrogen-bond donors (Lipinski definition) is 6. The lowest BCUT2D eigenvalue weighted by Crippen LogP contribution is -2.41. The number of imidazole rings is 1. The number of rotatable bonds is 19. The summed E-state index contributed by atoms with van der Waals surface area (Å²) in [4.78, 5) is 54.9. The fourth-order valence-electron chi connectivity index (χ4n) is 5.89. The second-order valence-corrected chi connectivity index (χ2v) is 12.8. The number of H-pyrrole nitrogens is 1. The Kier molecular flexibility index (Phi) is 13.9. The number of hydrogen-bond acceptors (Lipinski definition) is 9. The monoisotopic (exact) mass is 737 g/mol. The maximum Gasteiger partial charge on any atom is 0.354 e. The standard InChI is InChI=1S/C38H43N9O5S/c1-2-3-13-32-42-31(21-40-33(48)18-19-39-34(49)22-41-37(50)28(24-53)20-25-9-5-4-6-10-25)35(38(51)52)47(32)23-26-14-16-27(17-15-26)29-11-7-8-12-30(29)36-43-45-46-44-36/h4-12,14-17,28,53H,2-3,13,18-24H2,1H3,(H,39,49)(H,40,48)(H,41,50)(H,51,52)(H,43,44,45,46). The maximum absolute atomic E-state index is 12.7. The molecule has 0 saturated carbocycles. The fraction of sp³-hybridized carbons (Fsp3) is 0.316. The lowest BCUT2D eigenvalue weighted by molar-refractivity contribution is -0.128. The molecule has 5 rings (SSSR count). The van der Waals surface area contributed by atoms with Gasteiger partial charge in [-0.05, 0) is 40.3 Å². The van der Waals surface area contributed by atoms with Crippen LogP contribution < -0.4 is 16.0 Å². The molecule has 0 bridgehead atoms. The molecular formula is C38H43N9O5S. The van der Waals surface area contributed by atoms with Crippen LogP contribution >= 0.6 is 12.6 Å². The normalized spacial score (nSPS) is 11.5. The summed E-state index contributed by atoms with van der Waals surface area (Å²) in [6, 6.07) is 25.1. The van der Waals surface area contributed by atoms with Crippen molar-refractivity contribution in [2.75, 3.05) is 18.8 Å². The van der Waals surface area contributed by atoms with Crippen LogP contribution in [0.15, 0.2) is 78.9 Å². The van der Waals surface area contributed by atoms with Crippen LogP contribution in [0.4, 0.5) is 0 Å². The zero-order valence-corrected chi connectivity index (χ0v) is 30.3. The Morgan fingerprint density at radius 1 is 0.887 bits per heavy atom. The van der Waals surface area contributed by atoms with Gasteiger partial charge in [-0.2, -0.15) is 17.8 Å². The average Bonchev–Trinajstić information content (AvgIpc) is 3.84. The van der Waals surface area contributed by atoms with E-state index >= 15 is 0 Å². The highest BCUT2D eigenvalue weighted by molar-refractivity contribution is 7.80. The van der Waals surface area contributed by atoms with Crippen LogP contribution in [0.3, 0.4) is 0 Å². The van der Waals surface area contributed by atoms with Gasteiger partial charge in [0.15, 0.2) is 5.69 Å². The largest absolute Gasteiger partial charge is 0.477 e. The molecule has 3 amide bonds. The molecule has 14 nitrogen and oxygen atoms in total. The summed E-state index contributed by atoms with van der Waals surface area (Å²) in [5.74, 6) is -1.19. The number of nitrogens with zero attached hydrogens (tertiary/aromatic N) is 5. The molecule has 5 N–H and O–H groups in total. The lowest BCUT2D eigenvalue weighted by atomic mass is 9.98. The first-order valence-electron chi connectivity index (χ1n) is 17.5. The van der Waals surface area contributed by atoms with E-state index in [0.29, 0.717) is 30.2 Å². The number of aromatic carboxylic acids is 1. The first-order valence-corrected chi connectivity index (χ1v) is 18.1. The minimum absolute atomic E-state index is 0.0127. The number of carbonyl (C=O) groups excluding carboxylic acids is 3. The molecule has 2 aromatic heterocycles. The smallest absolute Gasteiger partial charge is 0.354 e. The van der Waals surface area contributed by atoms with Crippen molar-refractivity contribution in [1.29, 1.82) is 0 Å². The van der Waals surface area contributed by atoms with Crippen molar-refractivity contribution in [1.82, 2.24) is 46.1 Å². The van der Waals surface area contributed by atoms with Crippen molar-refractivity contribution in [3.63, 3.8) is 0 Å². The average molecular weight is 738 g/mol. The quantitative estimate of drug-likeness (QED) is 0.0683. The summed E-state index contributed by atoms with van der Waals surface area (Å²) in [6.45, 7) is 2.05. The zero-order valence-electron chi connectivity index (χ0n) is 29.4. The number of aromatic nitrogens is 6. The van der Waals surface area contributed by atoms with E-state index in [2.05, 4.69) is 61.1 Å². The number of aromatic amines is 1. The number of amides is 3. The Labute approximate surface area is 312 Å². The van der Waals surface area contributed by atoms with Gasteiger partial charge in [-0.1, -0.05) is 92.2 Å². The van der Waals surface area contributed by atoms with Crippen LogP contribution in [-0.4, -0.2) is 77.8 Å². The van der Waals surface area contributed by atoms with Gasteiger partial charge in [0.2, 0.25) is 23.5 Å². The summed E-state index contributed by atoms with van der Waals surface area (Å²) in [7, 11) is 0. The summed E-state index contributed by atoms with van der Waals surface area (Å²) >= 11 is 4.29. The van der Waals surface area contributed by atoms with Crippen molar-refractivity contribution in [2.45, 2.75) is 52.1 Å². The number of tetrazole rings is 1. The van der Waals surface area contributed by atoms with Gasteiger partial charge in [-0.3, -0.25) is 14.4 Å². The molecule has 0 aliphatic carbocycles. The van der Waals surface area contributed by atoms with Crippen LogP contribution in [0.25, 0.3) is 22.5 Å². The molecular weight excluding hydrogens is 695 g/mol. The van der Waals surface area contributed by atoms with Crippen LogP contribution in [-0.2, 0) is 40.3 Å². The Morgan fingerprint density at radius 3 is 2.30 bits per heavy atom. The van der Waals surface area contributed by atoms with E-state index in [1.165, 1.54) is 0 Å². The van der Waals surface area contributed by atoms with E-state index in [4.69, 9.17) is 0 Å². The molecule has 53 heavy (non-hydrogen) atoms.